The highest BCUT2D eigenvalue weighted by Gasteiger charge is 2.19. The van der Waals surface area contributed by atoms with Gasteiger partial charge < -0.3 is 14.2 Å². The predicted octanol–water partition coefficient (Wildman–Crippen LogP) is 23.4. The molecule has 6 heteroatoms. The molecule has 0 fully saturated rings. The van der Waals surface area contributed by atoms with Crippen LogP contribution >= 0.6 is 0 Å². The molecule has 0 rings (SSSR count). The van der Waals surface area contributed by atoms with Crippen LogP contribution in [0, 0.1) is 0 Å². The van der Waals surface area contributed by atoms with Gasteiger partial charge in [0.05, 0.1) is 0 Å². The highest BCUT2D eigenvalue weighted by molar-refractivity contribution is 5.71. The van der Waals surface area contributed by atoms with E-state index in [0.717, 1.165) is 154 Å². The molecule has 0 aliphatic carbocycles. The molecule has 0 saturated heterocycles. The van der Waals surface area contributed by atoms with Crippen LogP contribution in [0.25, 0.3) is 0 Å². The molecule has 83 heavy (non-hydrogen) atoms. The normalized spacial score (nSPS) is 13.2. The summed E-state index contributed by atoms with van der Waals surface area (Å²) in [5.41, 5.74) is 0. The maximum atomic E-state index is 12.9. The topological polar surface area (TPSA) is 78.9 Å². The number of esters is 3. The molecule has 0 aliphatic heterocycles. The Bertz CT molecular complexity index is 1890. The minimum absolute atomic E-state index is 0.112. The summed E-state index contributed by atoms with van der Waals surface area (Å²) >= 11 is 0. The third-order valence-corrected chi connectivity index (χ3v) is 13.7. The van der Waals surface area contributed by atoms with E-state index in [4.69, 9.17) is 14.2 Å². The summed E-state index contributed by atoms with van der Waals surface area (Å²) in [6, 6.07) is 0. The number of rotatable bonds is 59. The average molecular weight is 1140 g/mol. The first kappa shape index (κ1) is 77.8. The van der Waals surface area contributed by atoms with Crippen molar-refractivity contribution in [1.82, 2.24) is 0 Å². The van der Waals surface area contributed by atoms with E-state index >= 15 is 0 Å². The van der Waals surface area contributed by atoms with Crippen LogP contribution in [0.3, 0.4) is 0 Å². The molecule has 0 spiro atoms. The van der Waals surface area contributed by atoms with Crippen LogP contribution in [0.2, 0.25) is 0 Å². The fourth-order valence-corrected chi connectivity index (χ4v) is 8.65. The molecule has 0 radical (unpaired) electrons. The second-order valence-corrected chi connectivity index (χ2v) is 21.6. The minimum Gasteiger partial charge on any atom is -0.462 e. The van der Waals surface area contributed by atoms with E-state index in [1.807, 2.05) is 0 Å². The maximum Gasteiger partial charge on any atom is 0.306 e. The summed E-state index contributed by atoms with van der Waals surface area (Å²) in [6.07, 6.45) is 102. The Labute approximate surface area is 511 Å². The van der Waals surface area contributed by atoms with Crippen LogP contribution in [-0.2, 0) is 28.6 Å². The van der Waals surface area contributed by atoms with E-state index in [1.54, 1.807) is 0 Å². The lowest BCUT2D eigenvalue weighted by molar-refractivity contribution is -0.167. The standard InChI is InChI=1S/C77H122O6/c1-4-7-10-13-16-19-22-25-28-31-34-35-36-37-38-39-40-41-44-46-49-52-55-58-61-64-67-70-76(79)82-73-74(83-77(80)71-68-65-62-59-56-53-50-47-43-33-30-27-24-21-18-15-12-9-6-3)72-81-75(78)69-66-63-60-57-54-51-48-45-42-32-29-26-23-20-17-14-11-8-5-2/h7,10,16-21,25-30,34-35,37-38,40-43,45-47,49,55,58,74H,4-6,8-9,11-15,22-24,31-33,36,39,44,48,50-54,56-57,59-73H2,1-3H3/b10-7-,19-16-,20-17-,21-18-,28-25-,29-26-,30-27-,35-34-,38-37-,41-40-,45-42-,47-43-,49-46-,58-55-. The maximum absolute atomic E-state index is 12.9. The largest absolute Gasteiger partial charge is 0.462 e. The summed E-state index contributed by atoms with van der Waals surface area (Å²) in [6.45, 7) is 6.41. The van der Waals surface area contributed by atoms with Gasteiger partial charge in [-0.3, -0.25) is 14.4 Å². The van der Waals surface area contributed by atoms with Crippen LogP contribution in [-0.4, -0.2) is 37.2 Å². The van der Waals surface area contributed by atoms with Gasteiger partial charge in [-0.15, -0.1) is 0 Å². The zero-order chi connectivity index (χ0) is 59.9. The van der Waals surface area contributed by atoms with E-state index < -0.39 is 6.10 Å². The quantitative estimate of drug-likeness (QED) is 0.0261. The van der Waals surface area contributed by atoms with E-state index in [-0.39, 0.29) is 37.5 Å². The van der Waals surface area contributed by atoms with Gasteiger partial charge >= 0.3 is 17.9 Å². The van der Waals surface area contributed by atoms with Gasteiger partial charge in [-0.1, -0.05) is 268 Å². The SMILES string of the molecule is CC/C=C\C/C=C\C/C=C\C/C=C\C/C=C\C/C=C\C/C=C\C/C=C\CCCCC(=O)OCC(COC(=O)CCCCCCCC/C=C\C/C=C\C/C=C\CCCCC)OC(=O)CCCCCCCC/C=C\C/C=C\C/C=C\CCCCC. The smallest absolute Gasteiger partial charge is 0.306 e. The minimum atomic E-state index is -0.821. The molecule has 0 aromatic rings. The highest BCUT2D eigenvalue weighted by Crippen LogP contribution is 2.14. The van der Waals surface area contributed by atoms with E-state index in [1.165, 1.54) is 77.0 Å². The molecule has 0 bridgehead atoms. The molecular formula is C77H122O6. The Morgan fingerprint density at radius 2 is 0.470 bits per heavy atom. The number of unbranched alkanes of at least 4 members (excludes halogenated alkanes) is 20. The lowest BCUT2D eigenvalue weighted by Gasteiger charge is -2.18. The van der Waals surface area contributed by atoms with Gasteiger partial charge in [0, 0.05) is 19.3 Å². The molecule has 0 aliphatic rings. The number of ether oxygens (including phenoxy) is 3. The van der Waals surface area contributed by atoms with Gasteiger partial charge in [0.25, 0.3) is 0 Å². The van der Waals surface area contributed by atoms with Gasteiger partial charge in [0.2, 0.25) is 0 Å². The van der Waals surface area contributed by atoms with Crippen LogP contribution in [0.4, 0.5) is 0 Å². The van der Waals surface area contributed by atoms with Gasteiger partial charge in [-0.25, -0.2) is 0 Å². The average Bonchev–Trinajstić information content (AvgIpc) is 3.50. The summed E-state index contributed by atoms with van der Waals surface area (Å²) in [5.74, 6) is -0.984. The van der Waals surface area contributed by atoms with Gasteiger partial charge in [-0.05, 0) is 161 Å². The molecule has 0 N–H and O–H groups in total. The van der Waals surface area contributed by atoms with Gasteiger partial charge in [-0.2, -0.15) is 0 Å². The van der Waals surface area contributed by atoms with Crippen molar-refractivity contribution < 1.29 is 28.6 Å². The molecule has 1 atom stereocenters. The lowest BCUT2D eigenvalue weighted by Crippen LogP contribution is -2.30. The van der Waals surface area contributed by atoms with Gasteiger partial charge in [0.15, 0.2) is 6.10 Å². The zero-order valence-corrected chi connectivity index (χ0v) is 53.4. The zero-order valence-electron chi connectivity index (χ0n) is 53.4. The first-order valence-electron chi connectivity index (χ1n) is 33.6. The Kier molecular flexibility index (Phi) is 64.9. The first-order valence-corrected chi connectivity index (χ1v) is 33.6. The Balaban J connectivity index is 4.54. The molecule has 466 valence electrons. The summed E-state index contributed by atoms with van der Waals surface area (Å²) in [7, 11) is 0. The molecular weight excluding hydrogens is 1020 g/mol. The van der Waals surface area contributed by atoms with E-state index in [0.29, 0.717) is 19.3 Å². The van der Waals surface area contributed by atoms with Crippen molar-refractivity contribution in [2.75, 3.05) is 13.2 Å². The molecule has 1 unspecified atom stereocenters. The number of allylic oxidation sites excluding steroid dienone is 28. The molecule has 0 aromatic carbocycles. The van der Waals surface area contributed by atoms with Crippen LogP contribution in [0.5, 0.6) is 0 Å². The first-order chi connectivity index (χ1) is 41.0. The van der Waals surface area contributed by atoms with Crippen molar-refractivity contribution in [2.45, 2.75) is 284 Å². The van der Waals surface area contributed by atoms with Crippen molar-refractivity contribution in [3.8, 4) is 0 Å². The van der Waals surface area contributed by atoms with Gasteiger partial charge in [0.1, 0.15) is 13.2 Å². The number of carbonyl (C=O) groups is 3. The monoisotopic (exact) mass is 1140 g/mol. The van der Waals surface area contributed by atoms with Crippen molar-refractivity contribution in [3.63, 3.8) is 0 Å². The third-order valence-electron chi connectivity index (χ3n) is 13.7. The Morgan fingerprint density at radius 3 is 0.759 bits per heavy atom. The van der Waals surface area contributed by atoms with Crippen LogP contribution < -0.4 is 0 Å². The van der Waals surface area contributed by atoms with Crippen molar-refractivity contribution in [2.24, 2.45) is 0 Å². The molecule has 6 nitrogen and oxygen atoms in total. The third kappa shape index (κ3) is 67.4. The number of carbonyl (C=O) groups excluding carboxylic acids is 3. The highest BCUT2D eigenvalue weighted by atomic mass is 16.6. The van der Waals surface area contributed by atoms with Crippen molar-refractivity contribution >= 4 is 17.9 Å². The summed E-state index contributed by atoms with van der Waals surface area (Å²) in [5, 5.41) is 0. The van der Waals surface area contributed by atoms with Crippen LogP contribution in [0.15, 0.2) is 170 Å². The molecule has 0 saturated carbocycles. The van der Waals surface area contributed by atoms with Crippen molar-refractivity contribution in [3.05, 3.63) is 170 Å². The fraction of sp³-hybridized carbons (Fsp3) is 0.597. The second-order valence-electron chi connectivity index (χ2n) is 21.6. The predicted molar refractivity (Wildman–Crippen MR) is 361 cm³/mol. The number of hydrogen-bond donors (Lipinski definition) is 0. The van der Waals surface area contributed by atoms with Crippen LogP contribution in [0.1, 0.15) is 278 Å². The second kappa shape index (κ2) is 69.3. The van der Waals surface area contributed by atoms with E-state index in [2.05, 4.69) is 191 Å². The molecule has 0 heterocycles. The Morgan fingerprint density at radius 1 is 0.253 bits per heavy atom. The fourth-order valence-electron chi connectivity index (χ4n) is 8.65. The van der Waals surface area contributed by atoms with E-state index in [9.17, 15) is 14.4 Å². The number of hydrogen-bond acceptors (Lipinski definition) is 6. The Hall–Kier alpha value is -5.23. The lowest BCUT2D eigenvalue weighted by atomic mass is 10.1. The summed E-state index contributed by atoms with van der Waals surface area (Å²) < 4.78 is 16.9. The molecule has 0 amide bonds. The summed E-state index contributed by atoms with van der Waals surface area (Å²) in [4.78, 5) is 38.4. The van der Waals surface area contributed by atoms with Crippen molar-refractivity contribution in [1.29, 1.82) is 0 Å². The molecule has 0 aromatic heterocycles.